The van der Waals surface area contributed by atoms with E-state index in [2.05, 4.69) is 0 Å². The first-order valence-corrected chi connectivity index (χ1v) is 4.56. The van der Waals surface area contributed by atoms with E-state index in [1.54, 1.807) is 12.1 Å². The van der Waals surface area contributed by atoms with Crippen molar-refractivity contribution in [3.63, 3.8) is 0 Å². The maximum atomic E-state index is 9.09. The van der Waals surface area contributed by atoms with Crippen LogP contribution in [0.4, 0.5) is 0 Å². The van der Waals surface area contributed by atoms with Gasteiger partial charge in [-0.15, -0.1) is 0 Å². The van der Waals surface area contributed by atoms with Crippen molar-refractivity contribution in [2.24, 2.45) is 0 Å². The van der Waals surface area contributed by atoms with Crippen LogP contribution in [-0.2, 0) is 11.3 Å². The van der Waals surface area contributed by atoms with Crippen molar-refractivity contribution in [1.29, 1.82) is 0 Å². The summed E-state index contributed by atoms with van der Waals surface area (Å²) in [5.74, 6) is 0.179. The predicted octanol–water partition coefficient (Wildman–Crippen LogP) is 2.97. The summed E-state index contributed by atoms with van der Waals surface area (Å²) in [6, 6.07) is 4.88. The highest BCUT2D eigenvalue weighted by atomic mass is 35.5. The largest absolute Gasteiger partial charge is 0.508 e. The van der Waals surface area contributed by atoms with Gasteiger partial charge in [0.15, 0.2) is 0 Å². The van der Waals surface area contributed by atoms with Crippen molar-refractivity contribution in [3.05, 3.63) is 28.8 Å². The van der Waals surface area contributed by atoms with E-state index in [1.807, 2.05) is 13.8 Å². The average molecular weight is 201 g/mol. The molecule has 2 nitrogen and oxygen atoms in total. The number of ether oxygens (including phenoxy) is 1. The maximum Gasteiger partial charge on any atom is 0.117 e. The third-order valence-corrected chi connectivity index (χ3v) is 1.96. The molecule has 0 atom stereocenters. The lowest BCUT2D eigenvalue weighted by molar-refractivity contribution is 0.0657. The Morgan fingerprint density at radius 1 is 1.46 bits per heavy atom. The third-order valence-electron chi connectivity index (χ3n) is 1.61. The minimum Gasteiger partial charge on any atom is -0.508 e. The van der Waals surface area contributed by atoms with Crippen LogP contribution in [0.25, 0.3) is 0 Å². The molecule has 0 aliphatic carbocycles. The molecule has 13 heavy (non-hydrogen) atoms. The SMILES string of the molecule is CC(C)OCc1ccc(O)cc1Cl. The highest BCUT2D eigenvalue weighted by molar-refractivity contribution is 6.31. The second-order valence-corrected chi connectivity index (χ2v) is 3.54. The fourth-order valence-electron chi connectivity index (χ4n) is 0.910. The summed E-state index contributed by atoms with van der Waals surface area (Å²) < 4.78 is 5.38. The fraction of sp³-hybridized carbons (Fsp3) is 0.400. The van der Waals surface area contributed by atoms with Gasteiger partial charge in [-0.25, -0.2) is 0 Å². The van der Waals surface area contributed by atoms with Gasteiger partial charge in [0, 0.05) is 5.02 Å². The Morgan fingerprint density at radius 3 is 2.69 bits per heavy atom. The molecule has 1 aromatic rings. The van der Waals surface area contributed by atoms with E-state index < -0.39 is 0 Å². The number of aromatic hydroxyl groups is 1. The molecule has 1 rings (SSSR count). The third kappa shape index (κ3) is 3.25. The first-order chi connectivity index (χ1) is 6.09. The Morgan fingerprint density at radius 2 is 2.15 bits per heavy atom. The lowest BCUT2D eigenvalue weighted by Crippen LogP contribution is -2.02. The summed E-state index contributed by atoms with van der Waals surface area (Å²) in [6.07, 6.45) is 0.185. The summed E-state index contributed by atoms with van der Waals surface area (Å²) in [5.41, 5.74) is 0.896. The molecule has 72 valence electrons. The summed E-state index contributed by atoms with van der Waals surface area (Å²) in [4.78, 5) is 0. The Kier molecular flexibility index (Phi) is 3.58. The van der Waals surface area contributed by atoms with Crippen LogP contribution in [0.1, 0.15) is 19.4 Å². The monoisotopic (exact) mass is 200 g/mol. The van der Waals surface area contributed by atoms with Crippen LogP contribution >= 0.6 is 11.6 Å². The van der Waals surface area contributed by atoms with E-state index in [4.69, 9.17) is 21.4 Å². The number of hydrogen-bond donors (Lipinski definition) is 1. The summed E-state index contributed by atoms with van der Waals surface area (Å²) >= 11 is 5.87. The Bertz CT molecular complexity index is 284. The Hall–Kier alpha value is -0.730. The quantitative estimate of drug-likeness (QED) is 0.813. The zero-order valence-corrected chi connectivity index (χ0v) is 8.51. The second-order valence-electron chi connectivity index (χ2n) is 3.14. The molecule has 0 unspecified atom stereocenters. The van der Waals surface area contributed by atoms with Gasteiger partial charge in [0.05, 0.1) is 12.7 Å². The maximum absolute atomic E-state index is 9.09. The molecule has 0 bridgehead atoms. The minimum atomic E-state index is 0.179. The molecule has 0 heterocycles. The van der Waals surface area contributed by atoms with E-state index in [9.17, 15) is 0 Å². The Labute approximate surface area is 83.1 Å². The van der Waals surface area contributed by atoms with Gasteiger partial charge in [-0.2, -0.15) is 0 Å². The minimum absolute atomic E-state index is 0.179. The van der Waals surface area contributed by atoms with Gasteiger partial charge in [0.1, 0.15) is 5.75 Å². The number of phenols is 1. The molecule has 1 aromatic carbocycles. The predicted molar refractivity (Wildman–Crippen MR) is 53.0 cm³/mol. The van der Waals surface area contributed by atoms with Crippen molar-refractivity contribution in [3.8, 4) is 5.75 Å². The zero-order chi connectivity index (χ0) is 9.84. The Balaban J connectivity index is 2.67. The highest BCUT2D eigenvalue weighted by Gasteiger charge is 2.02. The molecular weight excluding hydrogens is 188 g/mol. The van der Waals surface area contributed by atoms with E-state index in [-0.39, 0.29) is 11.9 Å². The van der Waals surface area contributed by atoms with Crippen LogP contribution in [0.2, 0.25) is 5.02 Å². The van der Waals surface area contributed by atoms with Crippen LogP contribution in [-0.4, -0.2) is 11.2 Å². The lowest BCUT2D eigenvalue weighted by Gasteiger charge is -2.08. The zero-order valence-electron chi connectivity index (χ0n) is 7.75. The lowest BCUT2D eigenvalue weighted by atomic mass is 10.2. The number of hydrogen-bond acceptors (Lipinski definition) is 2. The summed E-state index contributed by atoms with van der Waals surface area (Å²) in [7, 11) is 0. The molecular formula is C10H13ClO2. The first kappa shape index (κ1) is 10.4. The molecule has 0 aliphatic rings. The van der Waals surface area contributed by atoms with Gasteiger partial charge in [-0.3, -0.25) is 0 Å². The van der Waals surface area contributed by atoms with Crippen LogP contribution in [0.5, 0.6) is 5.75 Å². The van der Waals surface area contributed by atoms with Crippen molar-refractivity contribution < 1.29 is 9.84 Å². The molecule has 0 amide bonds. The molecule has 3 heteroatoms. The van der Waals surface area contributed by atoms with E-state index in [0.29, 0.717) is 11.6 Å². The summed E-state index contributed by atoms with van der Waals surface area (Å²) in [5, 5.41) is 9.63. The second kappa shape index (κ2) is 4.49. The molecule has 0 saturated heterocycles. The average Bonchev–Trinajstić information content (AvgIpc) is 2.02. The molecule has 0 saturated carbocycles. The topological polar surface area (TPSA) is 29.5 Å². The van der Waals surface area contributed by atoms with Crippen molar-refractivity contribution >= 4 is 11.6 Å². The first-order valence-electron chi connectivity index (χ1n) is 4.18. The van der Waals surface area contributed by atoms with Crippen LogP contribution < -0.4 is 0 Å². The number of halogens is 1. The molecule has 0 spiro atoms. The van der Waals surface area contributed by atoms with Crippen LogP contribution in [0.3, 0.4) is 0 Å². The number of rotatable bonds is 3. The normalized spacial score (nSPS) is 10.8. The van der Waals surface area contributed by atoms with Gasteiger partial charge < -0.3 is 9.84 Å². The standard InChI is InChI=1S/C10H13ClO2/c1-7(2)13-6-8-3-4-9(12)5-10(8)11/h3-5,7,12H,6H2,1-2H3. The molecule has 0 aromatic heterocycles. The molecule has 0 aliphatic heterocycles. The van der Waals surface area contributed by atoms with E-state index in [0.717, 1.165) is 5.56 Å². The molecule has 1 N–H and O–H groups in total. The van der Waals surface area contributed by atoms with Gasteiger partial charge in [-0.05, 0) is 31.5 Å². The van der Waals surface area contributed by atoms with Gasteiger partial charge in [0.25, 0.3) is 0 Å². The van der Waals surface area contributed by atoms with Gasteiger partial charge in [-0.1, -0.05) is 17.7 Å². The number of benzene rings is 1. The van der Waals surface area contributed by atoms with Crippen molar-refractivity contribution in [2.75, 3.05) is 0 Å². The highest BCUT2D eigenvalue weighted by Crippen LogP contribution is 2.22. The van der Waals surface area contributed by atoms with Gasteiger partial charge >= 0.3 is 0 Å². The molecule has 0 radical (unpaired) electrons. The molecule has 0 fully saturated rings. The fourth-order valence-corrected chi connectivity index (χ4v) is 1.14. The number of phenolic OH excluding ortho intramolecular Hbond substituents is 1. The van der Waals surface area contributed by atoms with Crippen molar-refractivity contribution in [1.82, 2.24) is 0 Å². The van der Waals surface area contributed by atoms with Crippen LogP contribution in [0.15, 0.2) is 18.2 Å². The van der Waals surface area contributed by atoms with Crippen LogP contribution in [0, 0.1) is 0 Å². The van der Waals surface area contributed by atoms with E-state index >= 15 is 0 Å². The van der Waals surface area contributed by atoms with Crippen molar-refractivity contribution in [2.45, 2.75) is 26.6 Å². The van der Waals surface area contributed by atoms with E-state index in [1.165, 1.54) is 6.07 Å². The van der Waals surface area contributed by atoms with Gasteiger partial charge in [0.2, 0.25) is 0 Å². The smallest absolute Gasteiger partial charge is 0.117 e. The summed E-state index contributed by atoms with van der Waals surface area (Å²) in [6.45, 7) is 4.42.